The Bertz CT molecular complexity index is 1070. The normalized spacial score (nSPS) is 15.0. The van der Waals surface area contributed by atoms with Gasteiger partial charge in [-0.05, 0) is 23.8 Å². The molecule has 2 aromatic carbocycles. The first-order valence-electron chi connectivity index (χ1n) is 9.30. The minimum Gasteiger partial charge on any atom is -0.361 e. The third-order valence-corrected chi connectivity index (χ3v) is 5.33. The maximum atomic E-state index is 12.8. The molecular weight excluding hydrogens is 338 g/mol. The van der Waals surface area contributed by atoms with Gasteiger partial charge in [0.25, 0.3) is 0 Å². The molecule has 27 heavy (non-hydrogen) atoms. The molecule has 1 fully saturated rings. The van der Waals surface area contributed by atoms with E-state index in [0.717, 1.165) is 59.6 Å². The summed E-state index contributed by atoms with van der Waals surface area (Å²) in [6.07, 6.45) is 2.39. The number of hydrogen-bond donors (Lipinski definition) is 2. The lowest BCUT2D eigenvalue weighted by Gasteiger charge is -2.34. The van der Waals surface area contributed by atoms with E-state index >= 15 is 0 Å². The second-order valence-electron chi connectivity index (χ2n) is 6.98. The number of carbonyl (C=O) groups is 1. The highest BCUT2D eigenvalue weighted by Crippen LogP contribution is 2.21. The van der Waals surface area contributed by atoms with E-state index in [1.807, 2.05) is 53.6 Å². The molecule has 1 saturated heterocycles. The van der Waals surface area contributed by atoms with E-state index in [1.165, 1.54) is 0 Å². The molecule has 0 spiro atoms. The molecule has 0 atom stereocenters. The number of nitrogens with zero attached hydrogens (tertiary/aromatic N) is 3. The van der Waals surface area contributed by atoms with Crippen LogP contribution in [-0.4, -0.2) is 51.9 Å². The van der Waals surface area contributed by atoms with E-state index < -0.39 is 0 Å². The Morgan fingerprint density at radius 1 is 0.963 bits per heavy atom. The summed E-state index contributed by atoms with van der Waals surface area (Å²) in [5, 5.41) is 1.13. The van der Waals surface area contributed by atoms with Crippen molar-refractivity contribution in [2.45, 2.75) is 6.42 Å². The quantitative estimate of drug-likeness (QED) is 0.591. The second kappa shape index (κ2) is 6.46. The number of rotatable bonds is 3. The van der Waals surface area contributed by atoms with Gasteiger partial charge in [0.1, 0.15) is 0 Å². The summed E-state index contributed by atoms with van der Waals surface area (Å²) in [6, 6.07) is 16.2. The van der Waals surface area contributed by atoms with Gasteiger partial charge in [-0.25, -0.2) is 4.98 Å². The summed E-state index contributed by atoms with van der Waals surface area (Å²) >= 11 is 0. The molecule has 0 bridgehead atoms. The molecule has 1 amide bonds. The zero-order chi connectivity index (χ0) is 18.2. The fourth-order valence-corrected chi connectivity index (χ4v) is 3.81. The number of aromatic nitrogens is 3. The molecule has 1 aliphatic heterocycles. The number of piperazine rings is 1. The third-order valence-electron chi connectivity index (χ3n) is 5.33. The number of amides is 1. The Kier molecular flexibility index (Phi) is 3.81. The number of H-pyrrole nitrogens is 2. The number of carbonyl (C=O) groups excluding carboxylic acids is 1. The van der Waals surface area contributed by atoms with Crippen molar-refractivity contribution in [2.75, 3.05) is 31.1 Å². The summed E-state index contributed by atoms with van der Waals surface area (Å²) in [4.78, 5) is 28.2. The van der Waals surface area contributed by atoms with Crippen molar-refractivity contribution in [1.29, 1.82) is 0 Å². The van der Waals surface area contributed by atoms with Crippen LogP contribution >= 0.6 is 0 Å². The van der Waals surface area contributed by atoms with Crippen molar-refractivity contribution in [3.63, 3.8) is 0 Å². The molecule has 0 aliphatic carbocycles. The van der Waals surface area contributed by atoms with E-state index in [0.29, 0.717) is 6.42 Å². The summed E-state index contributed by atoms with van der Waals surface area (Å²) in [7, 11) is 0. The molecule has 136 valence electrons. The van der Waals surface area contributed by atoms with E-state index in [2.05, 4.69) is 25.9 Å². The van der Waals surface area contributed by atoms with Crippen LogP contribution in [-0.2, 0) is 11.2 Å². The maximum Gasteiger partial charge on any atom is 0.227 e. The number of benzene rings is 2. The Labute approximate surface area is 156 Å². The van der Waals surface area contributed by atoms with Crippen LogP contribution in [0.25, 0.3) is 21.9 Å². The van der Waals surface area contributed by atoms with Gasteiger partial charge in [-0.1, -0.05) is 30.3 Å². The van der Waals surface area contributed by atoms with Crippen molar-refractivity contribution in [1.82, 2.24) is 19.9 Å². The molecule has 4 aromatic rings. The molecule has 2 aromatic heterocycles. The summed E-state index contributed by atoms with van der Waals surface area (Å²) in [5.41, 5.74) is 4.17. The summed E-state index contributed by atoms with van der Waals surface area (Å²) in [6.45, 7) is 3.02. The smallest absolute Gasteiger partial charge is 0.227 e. The molecule has 0 saturated carbocycles. The van der Waals surface area contributed by atoms with Crippen LogP contribution in [0.2, 0.25) is 0 Å². The number of imidazole rings is 1. The predicted octanol–water partition coefficient (Wildman–Crippen LogP) is 2.94. The molecule has 0 unspecified atom stereocenters. The fourth-order valence-electron chi connectivity index (χ4n) is 3.81. The van der Waals surface area contributed by atoms with Crippen molar-refractivity contribution in [2.24, 2.45) is 0 Å². The molecule has 1 aliphatic rings. The zero-order valence-electron chi connectivity index (χ0n) is 15.0. The molecule has 6 nitrogen and oxygen atoms in total. The summed E-state index contributed by atoms with van der Waals surface area (Å²) < 4.78 is 0. The van der Waals surface area contributed by atoms with Gasteiger partial charge in [0, 0.05) is 43.3 Å². The minimum atomic E-state index is 0.184. The molecule has 6 heteroatoms. The lowest BCUT2D eigenvalue weighted by molar-refractivity contribution is -0.130. The number of para-hydroxylation sites is 3. The maximum absolute atomic E-state index is 12.8. The highest BCUT2D eigenvalue weighted by atomic mass is 16.2. The lowest BCUT2D eigenvalue weighted by atomic mass is 10.1. The standard InChI is InChI=1S/C21H21N5O/c27-20(13-15-14-22-17-6-2-1-5-16(15)17)25-9-11-26(12-10-25)21-23-18-7-3-4-8-19(18)24-21/h1-8,14,22H,9-13H2,(H,23,24). The molecular formula is C21H21N5O. The number of aromatic amines is 2. The minimum absolute atomic E-state index is 0.184. The van der Waals surface area contributed by atoms with Crippen LogP contribution in [0.15, 0.2) is 54.7 Å². The Morgan fingerprint density at radius 3 is 2.52 bits per heavy atom. The number of nitrogens with one attached hydrogen (secondary N) is 2. The van der Waals surface area contributed by atoms with Crippen LogP contribution in [0.3, 0.4) is 0 Å². The monoisotopic (exact) mass is 359 g/mol. The van der Waals surface area contributed by atoms with Crippen molar-refractivity contribution >= 4 is 33.8 Å². The molecule has 5 rings (SSSR count). The van der Waals surface area contributed by atoms with E-state index in [1.54, 1.807) is 0 Å². The Balaban J connectivity index is 1.25. The van der Waals surface area contributed by atoms with Crippen LogP contribution in [0, 0.1) is 0 Å². The average Bonchev–Trinajstić information content (AvgIpc) is 3.32. The Hall–Kier alpha value is -3.28. The van der Waals surface area contributed by atoms with E-state index in [9.17, 15) is 4.79 Å². The van der Waals surface area contributed by atoms with E-state index in [4.69, 9.17) is 0 Å². The first kappa shape index (κ1) is 15.9. The predicted molar refractivity (Wildman–Crippen MR) is 107 cm³/mol. The molecule has 0 radical (unpaired) electrons. The van der Waals surface area contributed by atoms with Gasteiger partial charge >= 0.3 is 0 Å². The number of hydrogen-bond acceptors (Lipinski definition) is 3. The summed E-state index contributed by atoms with van der Waals surface area (Å²) in [5.74, 6) is 1.07. The van der Waals surface area contributed by atoms with Gasteiger partial charge in [-0.15, -0.1) is 0 Å². The highest BCUT2D eigenvalue weighted by Gasteiger charge is 2.23. The van der Waals surface area contributed by atoms with Crippen molar-refractivity contribution < 1.29 is 4.79 Å². The number of anilines is 1. The Morgan fingerprint density at radius 2 is 1.70 bits per heavy atom. The van der Waals surface area contributed by atoms with Gasteiger partial charge in [0.15, 0.2) is 0 Å². The largest absolute Gasteiger partial charge is 0.361 e. The number of fused-ring (bicyclic) bond motifs is 2. The fraction of sp³-hybridized carbons (Fsp3) is 0.238. The van der Waals surface area contributed by atoms with Gasteiger partial charge in [-0.3, -0.25) is 4.79 Å². The second-order valence-corrected chi connectivity index (χ2v) is 6.98. The third kappa shape index (κ3) is 2.93. The van der Waals surface area contributed by atoms with E-state index in [-0.39, 0.29) is 5.91 Å². The van der Waals surface area contributed by atoms with Gasteiger partial charge in [-0.2, -0.15) is 0 Å². The van der Waals surface area contributed by atoms with Crippen LogP contribution in [0.5, 0.6) is 0 Å². The average molecular weight is 359 g/mol. The van der Waals surface area contributed by atoms with Crippen LogP contribution in [0.1, 0.15) is 5.56 Å². The van der Waals surface area contributed by atoms with Crippen molar-refractivity contribution in [3.8, 4) is 0 Å². The first-order valence-corrected chi connectivity index (χ1v) is 9.30. The molecule has 2 N–H and O–H groups in total. The van der Waals surface area contributed by atoms with Gasteiger partial charge in [0.2, 0.25) is 11.9 Å². The zero-order valence-corrected chi connectivity index (χ0v) is 15.0. The first-order chi connectivity index (χ1) is 13.3. The lowest BCUT2D eigenvalue weighted by Crippen LogP contribution is -2.49. The van der Waals surface area contributed by atoms with Crippen LogP contribution in [0.4, 0.5) is 5.95 Å². The van der Waals surface area contributed by atoms with Crippen LogP contribution < -0.4 is 4.90 Å². The highest BCUT2D eigenvalue weighted by molar-refractivity contribution is 5.89. The van der Waals surface area contributed by atoms with Gasteiger partial charge < -0.3 is 19.8 Å². The SMILES string of the molecule is O=C(Cc1c[nH]c2ccccc12)N1CCN(c2nc3ccccc3[nH]2)CC1. The van der Waals surface area contributed by atoms with Gasteiger partial charge in [0.05, 0.1) is 17.5 Å². The molecule has 3 heterocycles. The topological polar surface area (TPSA) is 68.0 Å². The van der Waals surface area contributed by atoms with Crippen molar-refractivity contribution in [3.05, 3.63) is 60.3 Å².